The van der Waals surface area contributed by atoms with Gasteiger partial charge in [-0.25, -0.2) is 4.79 Å². The third-order valence-corrected chi connectivity index (χ3v) is 3.77. The Labute approximate surface area is 152 Å². The van der Waals surface area contributed by atoms with Crippen LogP contribution in [0.15, 0.2) is 18.2 Å². The first-order valence-corrected chi connectivity index (χ1v) is 8.44. The summed E-state index contributed by atoms with van der Waals surface area (Å²) in [6.07, 6.45) is 1.26. The molecule has 138 valence electrons. The zero-order valence-electron chi connectivity index (χ0n) is 14.6. The van der Waals surface area contributed by atoms with Gasteiger partial charge in [0.2, 0.25) is 5.91 Å². The molecule has 0 aromatic heterocycles. The van der Waals surface area contributed by atoms with Gasteiger partial charge < -0.3 is 24.5 Å². The maximum Gasteiger partial charge on any atom is 0.547 e. The molecule has 1 atom stereocenters. The van der Waals surface area contributed by atoms with Crippen molar-refractivity contribution in [2.45, 2.75) is 38.5 Å². The summed E-state index contributed by atoms with van der Waals surface area (Å²) in [6.45, 7) is 2.28. The number of nitrogens with zero attached hydrogens (tertiary/aromatic N) is 1. The Hall–Kier alpha value is -2.57. The number of ether oxygens (including phenoxy) is 2. The minimum Gasteiger partial charge on any atom is -0.534 e. The van der Waals surface area contributed by atoms with Gasteiger partial charge in [-0.15, -0.1) is 0 Å². The highest BCUT2D eigenvalue weighted by Gasteiger charge is 2.37. The molecule has 0 unspecified atom stereocenters. The predicted molar refractivity (Wildman–Crippen MR) is 92.1 cm³/mol. The van der Waals surface area contributed by atoms with E-state index in [1.165, 1.54) is 0 Å². The van der Waals surface area contributed by atoms with E-state index in [0.29, 0.717) is 18.6 Å². The number of nitrogens with one attached hydrogen (secondary N) is 1. The van der Waals surface area contributed by atoms with Crippen LogP contribution >= 0.6 is 0 Å². The molecule has 0 spiro atoms. The van der Waals surface area contributed by atoms with Gasteiger partial charge in [-0.1, -0.05) is 19.1 Å². The second-order valence-electron chi connectivity index (χ2n) is 5.80. The highest BCUT2D eigenvalue weighted by molar-refractivity contribution is 6.47. The van der Waals surface area contributed by atoms with Crippen molar-refractivity contribution in [1.29, 1.82) is 5.26 Å². The lowest BCUT2D eigenvalue weighted by Gasteiger charge is -2.29. The van der Waals surface area contributed by atoms with E-state index >= 15 is 0 Å². The molecule has 0 saturated heterocycles. The molecule has 2 rings (SSSR count). The number of esters is 1. The summed E-state index contributed by atoms with van der Waals surface area (Å²) in [5, 5.41) is 21.3. The van der Waals surface area contributed by atoms with Crippen LogP contribution in [0.1, 0.15) is 42.1 Å². The van der Waals surface area contributed by atoms with E-state index < -0.39 is 19.0 Å². The van der Waals surface area contributed by atoms with Crippen molar-refractivity contribution in [3.05, 3.63) is 29.3 Å². The van der Waals surface area contributed by atoms with Crippen LogP contribution in [-0.2, 0) is 20.7 Å². The molecule has 2 N–H and O–H groups in total. The van der Waals surface area contributed by atoms with Gasteiger partial charge in [0, 0.05) is 12.8 Å². The van der Waals surface area contributed by atoms with E-state index in [0.717, 1.165) is 6.42 Å². The van der Waals surface area contributed by atoms with Gasteiger partial charge in [-0.05, 0) is 24.5 Å². The molecule has 0 bridgehead atoms. The fourth-order valence-corrected chi connectivity index (χ4v) is 2.53. The first-order chi connectivity index (χ1) is 12.6. The minimum absolute atomic E-state index is 0.0523. The average Bonchev–Trinajstić information content (AvgIpc) is 2.63. The second kappa shape index (κ2) is 9.80. The van der Waals surface area contributed by atoms with Gasteiger partial charge in [-0.2, -0.15) is 5.26 Å². The maximum atomic E-state index is 12.2. The van der Waals surface area contributed by atoms with E-state index in [-0.39, 0.29) is 36.9 Å². The van der Waals surface area contributed by atoms with E-state index in [1.807, 2.05) is 13.0 Å². The molecule has 1 heterocycles. The smallest absolute Gasteiger partial charge is 0.534 e. The number of rotatable bonds is 8. The molecule has 1 aliphatic rings. The zero-order chi connectivity index (χ0) is 18.9. The lowest BCUT2D eigenvalue weighted by Crippen LogP contribution is -2.53. The predicted octanol–water partition coefficient (Wildman–Crippen LogP) is 0.971. The lowest BCUT2D eigenvalue weighted by atomic mass is 9.72. The van der Waals surface area contributed by atoms with Crippen LogP contribution in [-0.4, -0.2) is 43.4 Å². The molecule has 0 saturated carbocycles. The highest BCUT2D eigenvalue weighted by Crippen LogP contribution is 2.30. The number of para-hydroxylation sites is 1. The van der Waals surface area contributed by atoms with E-state index in [2.05, 4.69) is 5.32 Å². The Morgan fingerprint density at radius 1 is 1.50 bits per heavy atom. The van der Waals surface area contributed by atoms with Crippen molar-refractivity contribution < 1.29 is 28.7 Å². The zero-order valence-corrected chi connectivity index (χ0v) is 14.6. The molecule has 8 nitrogen and oxygen atoms in total. The third-order valence-electron chi connectivity index (χ3n) is 3.77. The molecule has 0 fully saturated rings. The summed E-state index contributed by atoms with van der Waals surface area (Å²) in [5.41, 5.74) is 0.862. The summed E-state index contributed by atoms with van der Waals surface area (Å²) in [6, 6.07) is 6.86. The number of benzene rings is 1. The van der Waals surface area contributed by atoms with Crippen molar-refractivity contribution in [1.82, 2.24) is 5.32 Å². The largest absolute Gasteiger partial charge is 0.547 e. The van der Waals surface area contributed by atoms with Crippen molar-refractivity contribution in [2.75, 3.05) is 13.4 Å². The Kier molecular flexibility index (Phi) is 7.44. The van der Waals surface area contributed by atoms with Crippen LogP contribution in [0.5, 0.6) is 5.75 Å². The van der Waals surface area contributed by atoms with E-state index in [4.69, 9.17) is 19.4 Å². The fourth-order valence-electron chi connectivity index (χ4n) is 2.53. The Balaban J connectivity index is 2.04. The molecule has 1 amide bonds. The minimum atomic E-state index is -1.31. The third kappa shape index (κ3) is 5.21. The van der Waals surface area contributed by atoms with Crippen molar-refractivity contribution in [2.24, 2.45) is 0 Å². The summed E-state index contributed by atoms with van der Waals surface area (Å²) in [5.74, 6) is -1.37. The molecule has 26 heavy (non-hydrogen) atoms. The van der Waals surface area contributed by atoms with Crippen LogP contribution in [0.2, 0.25) is 0 Å². The highest BCUT2D eigenvalue weighted by atomic mass is 16.7. The summed E-state index contributed by atoms with van der Waals surface area (Å²) < 4.78 is 15.6. The molecular weight excluding hydrogens is 339 g/mol. The summed E-state index contributed by atoms with van der Waals surface area (Å²) in [7, 11) is -1.31. The average molecular weight is 360 g/mol. The van der Waals surface area contributed by atoms with Crippen LogP contribution < -0.4 is 9.97 Å². The molecule has 0 radical (unpaired) electrons. The van der Waals surface area contributed by atoms with Crippen molar-refractivity contribution in [3.8, 4) is 11.8 Å². The number of amides is 1. The summed E-state index contributed by atoms with van der Waals surface area (Å²) >= 11 is 0. The van der Waals surface area contributed by atoms with Crippen LogP contribution in [0.25, 0.3) is 0 Å². The molecule has 1 aliphatic heterocycles. The first kappa shape index (κ1) is 19.8. The number of hydrogen-bond donors (Lipinski definition) is 2. The second-order valence-corrected chi connectivity index (χ2v) is 5.80. The van der Waals surface area contributed by atoms with Crippen molar-refractivity contribution in [3.63, 3.8) is 0 Å². The van der Waals surface area contributed by atoms with Crippen LogP contribution in [0.4, 0.5) is 0 Å². The standard InChI is InChI=1S/C17H21BN2O6/c1-2-9-24-11-25-17(22)13-6-3-5-12-10-14(18(23)26-16(12)13)20-15(21)7-4-8-19/h3,5-6,14,23H,2,4,7,9-11H2,1H3,(H,20,21)/t14-/m0/s1. The van der Waals surface area contributed by atoms with E-state index in [9.17, 15) is 14.6 Å². The SMILES string of the molecule is CCCOCOC(=O)c1cccc2c1OB(O)[C@@H](NC(=O)CCC#N)C2. The number of nitriles is 1. The first-order valence-electron chi connectivity index (χ1n) is 8.44. The number of fused-ring (bicyclic) bond motifs is 1. The van der Waals surface area contributed by atoms with E-state index in [1.54, 1.807) is 18.2 Å². The number of carbonyl (C=O) groups excluding carboxylic acids is 2. The van der Waals surface area contributed by atoms with Gasteiger partial charge in [0.25, 0.3) is 0 Å². The molecule has 9 heteroatoms. The quantitative estimate of drug-likeness (QED) is 0.307. The Morgan fingerprint density at radius 3 is 3.04 bits per heavy atom. The number of hydrogen-bond acceptors (Lipinski definition) is 7. The molecule has 1 aromatic rings. The molecule has 0 aliphatic carbocycles. The van der Waals surface area contributed by atoms with Gasteiger partial charge in [0.1, 0.15) is 11.3 Å². The lowest BCUT2D eigenvalue weighted by molar-refractivity contribution is -0.121. The van der Waals surface area contributed by atoms with Gasteiger partial charge in [0.05, 0.1) is 18.6 Å². The number of carbonyl (C=O) groups is 2. The Bertz CT molecular complexity index is 690. The van der Waals surface area contributed by atoms with Gasteiger partial charge in [0.15, 0.2) is 6.79 Å². The van der Waals surface area contributed by atoms with Gasteiger partial charge in [-0.3, -0.25) is 4.79 Å². The maximum absolute atomic E-state index is 12.2. The summed E-state index contributed by atoms with van der Waals surface area (Å²) in [4.78, 5) is 24.0. The molecule has 1 aromatic carbocycles. The topological polar surface area (TPSA) is 118 Å². The van der Waals surface area contributed by atoms with Gasteiger partial charge >= 0.3 is 13.1 Å². The fraction of sp³-hybridized carbons (Fsp3) is 0.471. The van der Waals surface area contributed by atoms with Crippen molar-refractivity contribution >= 4 is 19.0 Å². The molecular formula is C17H21BN2O6. The normalized spacial score (nSPS) is 15.4. The van der Waals surface area contributed by atoms with Crippen LogP contribution in [0.3, 0.4) is 0 Å². The monoisotopic (exact) mass is 360 g/mol. The van der Waals surface area contributed by atoms with Crippen LogP contribution in [0, 0.1) is 11.3 Å². The Morgan fingerprint density at radius 2 is 2.31 bits per heavy atom.